The van der Waals surface area contributed by atoms with Crippen molar-refractivity contribution in [3.05, 3.63) is 103 Å². The summed E-state index contributed by atoms with van der Waals surface area (Å²) < 4.78 is 3.20. The highest BCUT2D eigenvalue weighted by molar-refractivity contribution is 7.97. The Hall–Kier alpha value is -3.35. The third-order valence-electron chi connectivity index (χ3n) is 5.34. The summed E-state index contributed by atoms with van der Waals surface area (Å²) >= 11 is 1.48. The lowest BCUT2D eigenvalue weighted by molar-refractivity contribution is -0.120. The number of benzene rings is 3. The first-order valence-electron chi connectivity index (χ1n) is 11.1. The summed E-state index contributed by atoms with van der Waals surface area (Å²) in [6, 6.07) is 28.8. The number of nitrogens with one attached hydrogen (secondary N) is 3. The molecule has 0 aliphatic carbocycles. The van der Waals surface area contributed by atoms with E-state index >= 15 is 0 Å². The van der Waals surface area contributed by atoms with E-state index in [2.05, 4.69) is 62.8 Å². The second-order valence-corrected chi connectivity index (χ2v) is 8.80. The highest BCUT2D eigenvalue weighted by Crippen LogP contribution is 2.21. The van der Waals surface area contributed by atoms with Gasteiger partial charge in [-0.25, -0.2) is 0 Å². The van der Waals surface area contributed by atoms with Gasteiger partial charge in [-0.2, -0.15) is 0 Å². The highest BCUT2D eigenvalue weighted by atomic mass is 32.2. The predicted octanol–water partition coefficient (Wildman–Crippen LogP) is 5.06. The number of nitrogens with zero attached hydrogens (tertiary/aromatic N) is 1. The fourth-order valence-electron chi connectivity index (χ4n) is 3.68. The maximum absolute atomic E-state index is 12.7. The largest absolute Gasteiger partial charge is 0.385 e. The van der Waals surface area contributed by atoms with Gasteiger partial charge in [-0.3, -0.25) is 14.5 Å². The number of carbonyl (C=O) groups is 1. The first kappa shape index (κ1) is 22.8. The maximum Gasteiger partial charge on any atom is 0.235 e. The van der Waals surface area contributed by atoms with Gasteiger partial charge in [0.15, 0.2) is 0 Å². The lowest BCUT2D eigenvalue weighted by atomic mass is 10.0. The van der Waals surface area contributed by atoms with Crippen LogP contribution in [0.4, 0.5) is 5.69 Å². The van der Waals surface area contributed by atoms with Crippen LogP contribution >= 0.6 is 11.9 Å². The molecule has 0 saturated carbocycles. The third kappa shape index (κ3) is 7.34. The lowest BCUT2D eigenvalue weighted by Gasteiger charge is -2.20. The first-order valence-corrected chi connectivity index (χ1v) is 11.9. The van der Waals surface area contributed by atoms with Crippen LogP contribution in [-0.4, -0.2) is 30.0 Å². The molecule has 4 rings (SSSR count). The summed E-state index contributed by atoms with van der Waals surface area (Å²) in [7, 11) is 0. The van der Waals surface area contributed by atoms with E-state index in [0.29, 0.717) is 0 Å². The fraction of sp³-hybridized carbons (Fsp3) is 0.185. The molecule has 168 valence electrons. The number of hydrogen-bond acceptors (Lipinski definition) is 5. The van der Waals surface area contributed by atoms with Crippen LogP contribution < -0.4 is 15.4 Å². The molecule has 1 amide bonds. The standard InChI is InChI=1S/C27H28N4OS/c32-27(20-30-33-26-11-10-22-8-4-5-9-23(22)19-26)31-25(18-21-6-2-1-3-7-21)14-17-29-24-12-15-28-16-13-24/h1-13,15-16,19,25,30H,14,17-18,20H2,(H,28,29)(H,31,32). The molecule has 0 fully saturated rings. The molecular formula is C27H28N4OS. The van der Waals surface area contributed by atoms with E-state index in [-0.39, 0.29) is 18.5 Å². The van der Waals surface area contributed by atoms with Crippen molar-refractivity contribution in [3.63, 3.8) is 0 Å². The van der Waals surface area contributed by atoms with Crippen LogP contribution in [0.1, 0.15) is 12.0 Å². The molecule has 6 heteroatoms. The van der Waals surface area contributed by atoms with Gasteiger partial charge in [0, 0.05) is 35.6 Å². The maximum atomic E-state index is 12.7. The van der Waals surface area contributed by atoms with E-state index in [1.54, 1.807) is 12.4 Å². The number of amides is 1. The van der Waals surface area contributed by atoms with Crippen LogP contribution in [0.5, 0.6) is 0 Å². The lowest BCUT2D eigenvalue weighted by Crippen LogP contribution is -2.41. The number of fused-ring (bicyclic) bond motifs is 1. The normalized spacial score (nSPS) is 11.8. The van der Waals surface area contributed by atoms with Gasteiger partial charge in [-0.1, -0.05) is 60.7 Å². The van der Waals surface area contributed by atoms with Gasteiger partial charge in [0.1, 0.15) is 0 Å². The average Bonchev–Trinajstić information content (AvgIpc) is 2.85. The van der Waals surface area contributed by atoms with Crippen molar-refractivity contribution >= 4 is 34.3 Å². The van der Waals surface area contributed by atoms with E-state index in [4.69, 9.17) is 0 Å². The van der Waals surface area contributed by atoms with Crippen LogP contribution in [0.3, 0.4) is 0 Å². The number of rotatable bonds is 11. The number of anilines is 1. The van der Waals surface area contributed by atoms with E-state index in [1.807, 2.05) is 42.5 Å². The zero-order valence-electron chi connectivity index (χ0n) is 18.4. The minimum atomic E-state index is -0.00636. The monoisotopic (exact) mass is 456 g/mol. The van der Waals surface area contributed by atoms with Crippen LogP contribution in [0.25, 0.3) is 10.8 Å². The quantitative estimate of drug-likeness (QED) is 0.275. The van der Waals surface area contributed by atoms with Crippen molar-refractivity contribution in [1.29, 1.82) is 0 Å². The van der Waals surface area contributed by atoms with Crippen LogP contribution in [0, 0.1) is 0 Å². The highest BCUT2D eigenvalue weighted by Gasteiger charge is 2.13. The van der Waals surface area contributed by atoms with Crippen molar-refractivity contribution in [1.82, 2.24) is 15.0 Å². The van der Waals surface area contributed by atoms with Crippen molar-refractivity contribution in [3.8, 4) is 0 Å². The number of aromatic nitrogens is 1. The molecule has 1 unspecified atom stereocenters. The summed E-state index contributed by atoms with van der Waals surface area (Å²) in [5.41, 5.74) is 2.24. The molecule has 33 heavy (non-hydrogen) atoms. The first-order chi connectivity index (χ1) is 16.3. The third-order valence-corrected chi connectivity index (χ3v) is 6.11. The molecular weight excluding hydrogens is 428 g/mol. The van der Waals surface area contributed by atoms with Crippen LogP contribution in [-0.2, 0) is 11.2 Å². The Balaban J connectivity index is 1.28. The SMILES string of the molecule is O=C(CNSc1ccc2ccccc2c1)NC(CCNc1ccncc1)Cc1ccccc1. The van der Waals surface area contributed by atoms with Gasteiger partial charge in [0.2, 0.25) is 5.91 Å². The van der Waals surface area contributed by atoms with Gasteiger partial charge < -0.3 is 10.6 Å². The molecule has 0 saturated heterocycles. The van der Waals surface area contributed by atoms with Gasteiger partial charge in [0.25, 0.3) is 0 Å². The average molecular weight is 457 g/mol. The Morgan fingerprint density at radius 1 is 0.879 bits per heavy atom. The van der Waals surface area contributed by atoms with Crippen molar-refractivity contribution in [2.45, 2.75) is 23.8 Å². The Morgan fingerprint density at radius 3 is 2.45 bits per heavy atom. The zero-order chi connectivity index (χ0) is 22.7. The topological polar surface area (TPSA) is 66.1 Å². The molecule has 1 atom stereocenters. The Bertz CT molecular complexity index is 1150. The Kier molecular flexibility index (Phi) is 8.33. The number of hydrogen-bond donors (Lipinski definition) is 3. The smallest absolute Gasteiger partial charge is 0.235 e. The molecule has 5 nitrogen and oxygen atoms in total. The summed E-state index contributed by atoms with van der Waals surface area (Å²) in [5.74, 6) is -0.00636. The van der Waals surface area contributed by atoms with E-state index in [0.717, 1.165) is 30.0 Å². The van der Waals surface area contributed by atoms with Gasteiger partial charge >= 0.3 is 0 Å². The van der Waals surface area contributed by atoms with Crippen molar-refractivity contribution in [2.75, 3.05) is 18.4 Å². The molecule has 3 aromatic carbocycles. The predicted molar refractivity (Wildman–Crippen MR) is 137 cm³/mol. The van der Waals surface area contributed by atoms with Gasteiger partial charge in [0.05, 0.1) is 6.54 Å². The van der Waals surface area contributed by atoms with Gasteiger partial charge in [-0.05, 0) is 65.4 Å². The number of pyridine rings is 1. The van der Waals surface area contributed by atoms with E-state index in [9.17, 15) is 4.79 Å². The number of carbonyl (C=O) groups excluding carboxylic acids is 1. The van der Waals surface area contributed by atoms with Crippen LogP contribution in [0.2, 0.25) is 0 Å². The molecule has 0 aliphatic rings. The minimum absolute atomic E-state index is 0.00636. The summed E-state index contributed by atoms with van der Waals surface area (Å²) in [6.07, 6.45) is 5.15. The van der Waals surface area contributed by atoms with E-state index in [1.165, 1.54) is 28.3 Å². The Labute approximate surface area is 199 Å². The minimum Gasteiger partial charge on any atom is -0.385 e. The molecule has 1 heterocycles. The molecule has 0 bridgehead atoms. The van der Waals surface area contributed by atoms with E-state index < -0.39 is 0 Å². The molecule has 4 aromatic rings. The van der Waals surface area contributed by atoms with Crippen LogP contribution in [0.15, 0.2) is 102 Å². The Morgan fingerprint density at radius 2 is 1.64 bits per heavy atom. The summed E-state index contributed by atoms with van der Waals surface area (Å²) in [6.45, 7) is 1.02. The van der Waals surface area contributed by atoms with Gasteiger partial charge in [-0.15, -0.1) is 0 Å². The second kappa shape index (κ2) is 12.0. The molecule has 0 radical (unpaired) electrons. The van der Waals surface area contributed by atoms with Crippen molar-refractivity contribution < 1.29 is 4.79 Å². The molecule has 1 aromatic heterocycles. The molecule has 3 N–H and O–H groups in total. The van der Waals surface area contributed by atoms with Crippen molar-refractivity contribution in [2.24, 2.45) is 0 Å². The molecule has 0 spiro atoms. The molecule has 0 aliphatic heterocycles. The summed E-state index contributed by atoms with van der Waals surface area (Å²) in [5, 5.41) is 9.01. The summed E-state index contributed by atoms with van der Waals surface area (Å²) in [4.78, 5) is 17.8. The second-order valence-electron chi connectivity index (χ2n) is 7.84. The fourth-order valence-corrected chi connectivity index (χ4v) is 4.37. The zero-order valence-corrected chi connectivity index (χ0v) is 19.2.